The van der Waals surface area contributed by atoms with Gasteiger partial charge in [0.05, 0.1) is 22.8 Å². The minimum atomic E-state index is 0.677. The number of benzene rings is 12. The van der Waals surface area contributed by atoms with Crippen LogP contribution in [0, 0.1) is 0 Å². The molecule has 82 heavy (non-hydrogen) atoms. The summed E-state index contributed by atoms with van der Waals surface area (Å²) in [6.07, 6.45) is 0. The Balaban J connectivity index is 0.735. The van der Waals surface area contributed by atoms with E-state index < -0.39 is 0 Å². The third-order valence-electron chi connectivity index (χ3n) is 15.4. The lowest BCUT2D eigenvalue weighted by atomic mass is 9.92. The highest BCUT2D eigenvalue weighted by Gasteiger charge is 2.16. The van der Waals surface area contributed by atoms with Gasteiger partial charge in [-0.05, 0) is 89.7 Å². The Bertz CT molecular complexity index is 4210. The molecule has 0 bridgehead atoms. The van der Waals surface area contributed by atoms with E-state index in [9.17, 15) is 0 Å². The van der Waals surface area contributed by atoms with Crippen LogP contribution in [0.3, 0.4) is 0 Å². The van der Waals surface area contributed by atoms with Gasteiger partial charge in [0.15, 0.2) is 11.6 Å². The predicted octanol–water partition coefficient (Wildman–Crippen LogP) is 20.4. The van der Waals surface area contributed by atoms with Gasteiger partial charge in [-0.15, -0.1) is 0 Å². The van der Waals surface area contributed by atoms with Gasteiger partial charge in [-0.2, -0.15) is 0 Å². The largest absolute Gasteiger partial charge is 0.228 e. The van der Waals surface area contributed by atoms with Crippen LogP contribution in [0.15, 0.2) is 315 Å². The van der Waals surface area contributed by atoms with Crippen LogP contribution in [-0.4, -0.2) is 19.9 Å². The van der Waals surface area contributed by atoms with Crippen molar-refractivity contribution in [2.75, 3.05) is 0 Å². The molecule has 0 saturated carbocycles. The zero-order valence-electron chi connectivity index (χ0n) is 44.8. The summed E-state index contributed by atoms with van der Waals surface area (Å²) < 4.78 is 0. The molecule has 0 aliphatic heterocycles. The highest BCUT2D eigenvalue weighted by Crippen LogP contribution is 2.38. The van der Waals surface area contributed by atoms with E-state index in [2.05, 4.69) is 291 Å². The molecular formula is C78H52N4. The van der Waals surface area contributed by atoms with Crippen molar-refractivity contribution in [1.29, 1.82) is 0 Å². The number of fused-ring (bicyclic) bond motifs is 1. The third-order valence-corrected chi connectivity index (χ3v) is 15.4. The highest BCUT2D eigenvalue weighted by atomic mass is 14.9. The first-order chi connectivity index (χ1) is 40.6. The highest BCUT2D eigenvalue weighted by molar-refractivity contribution is 6.04. The maximum absolute atomic E-state index is 5.21. The normalized spacial score (nSPS) is 11.2. The standard InChI is InChI=1S/C78H52N4/c1-5-15-53(16-6-1)55-27-31-57(32-28-55)59-35-43-65(44-36-59)75-51-73(63-19-9-3-10-20-63)79-77(81-75)67-47-39-61(40-48-67)69-23-13-26-72-70(24-14-25-71(69)72)62-41-49-68(50-42-62)78-80-74(64-21-11-4-12-22-64)52-76(82-78)66-45-37-60(38-46-66)58-33-29-56(30-34-58)54-17-7-2-8-18-54/h1-52H. The van der Waals surface area contributed by atoms with Gasteiger partial charge in [-0.3, -0.25) is 0 Å². The second-order valence-electron chi connectivity index (χ2n) is 20.6. The molecule has 14 aromatic rings. The van der Waals surface area contributed by atoms with Crippen LogP contribution >= 0.6 is 0 Å². The maximum Gasteiger partial charge on any atom is 0.160 e. The Labute approximate surface area is 478 Å². The van der Waals surface area contributed by atoms with Crippen LogP contribution in [0.1, 0.15) is 0 Å². The molecule has 0 radical (unpaired) electrons. The minimum absolute atomic E-state index is 0.677. The minimum Gasteiger partial charge on any atom is -0.228 e. The van der Waals surface area contributed by atoms with E-state index in [1.807, 2.05) is 24.3 Å². The van der Waals surface area contributed by atoms with Crippen molar-refractivity contribution >= 4 is 10.8 Å². The first kappa shape index (κ1) is 49.4. The summed E-state index contributed by atoms with van der Waals surface area (Å²) in [5, 5.41) is 2.35. The molecule has 4 heteroatoms. The summed E-state index contributed by atoms with van der Waals surface area (Å²) >= 11 is 0. The lowest BCUT2D eigenvalue weighted by Crippen LogP contribution is -1.96. The molecule has 0 atom stereocenters. The zero-order valence-corrected chi connectivity index (χ0v) is 44.8. The molecule has 2 heterocycles. The van der Waals surface area contributed by atoms with Crippen LogP contribution in [-0.2, 0) is 0 Å². The molecule has 4 nitrogen and oxygen atoms in total. The van der Waals surface area contributed by atoms with Gasteiger partial charge in [0.2, 0.25) is 0 Å². The molecule has 12 aromatic carbocycles. The van der Waals surface area contributed by atoms with Crippen molar-refractivity contribution in [3.8, 4) is 135 Å². The molecule has 0 aliphatic rings. The SMILES string of the molecule is c1ccc(-c2ccc(-c3ccc(-c4cc(-c5ccccc5)nc(-c5ccc(-c6cccc7c(-c8ccc(-c9nc(-c%10ccccc%10)cc(-c%10ccc(-c%11ccc(-c%12ccccc%12)cc%11)cc%10)n9)cc8)cccc67)cc5)n4)cc3)cc2)cc1. The van der Waals surface area contributed by atoms with Gasteiger partial charge in [0.1, 0.15) is 0 Å². The molecule has 0 spiro atoms. The second-order valence-corrected chi connectivity index (χ2v) is 20.6. The maximum atomic E-state index is 5.21. The molecule has 0 fully saturated rings. The van der Waals surface area contributed by atoms with Crippen LogP contribution in [0.2, 0.25) is 0 Å². The van der Waals surface area contributed by atoms with Gasteiger partial charge >= 0.3 is 0 Å². The quantitative estimate of drug-likeness (QED) is 0.122. The van der Waals surface area contributed by atoms with Gasteiger partial charge < -0.3 is 0 Å². The van der Waals surface area contributed by atoms with Crippen LogP contribution in [0.5, 0.6) is 0 Å². The Kier molecular flexibility index (Phi) is 13.3. The van der Waals surface area contributed by atoms with E-state index in [0.29, 0.717) is 11.6 Å². The van der Waals surface area contributed by atoms with Crippen molar-refractivity contribution in [3.05, 3.63) is 315 Å². The molecule has 384 valence electrons. The molecule has 14 rings (SSSR count). The fourth-order valence-corrected chi connectivity index (χ4v) is 11.0. The average Bonchev–Trinajstić information content (AvgIpc) is 3.65. The first-order valence-electron chi connectivity index (χ1n) is 27.8. The number of hydrogen-bond donors (Lipinski definition) is 0. The number of rotatable bonds is 12. The molecular weight excluding hydrogens is 993 g/mol. The lowest BCUT2D eigenvalue weighted by Gasteiger charge is -2.13. The molecule has 0 amide bonds. The lowest BCUT2D eigenvalue weighted by molar-refractivity contribution is 1.18. The number of nitrogens with zero attached hydrogens (tertiary/aromatic N) is 4. The molecule has 0 aliphatic carbocycles. The second kappa shape index (κ2) is 22.1. The monoisotopic (exact) mass is 1040 g/mol. The van der Waals surface area contributed by atoms with Crippen LogP contribution in [0.4, 0.5) is 0 Å². The number of hydrogen-bond acceptors (Lipinski definition) is 4. The smallest absolute Gasteiger partial charge is 0.160 e. The van der Waals surface area contributed by atoms with Crippen LogP contribution in [0.25, 0.3) is 145 Å². The van der Waals surface area contributed by atoms with Gasteiger partial charge in [-0.25, -0.2) is 19.9 Å². The summed E-state index contributed by atoms with van der Waals surface area (Å²) in [6, 6.07) is 111. The molecule has 0 saturated heterocycles. The summed E-state index contributed by atoms with van der Waals surface area (Å²) in [7, 11) is 0. The van der Waals surface area contributed by atoms with E-state index in [1.165, 1.54) is 44.2 Å². The van der Waals surface area contributed by atoms with E-state index in [1.54, 1.807) is 0 Å². The van der Waals surface area contributed by atoms with Gasteiger partial charge in [0.25, 0.3) is 0 Å². The van der Waals surface area contributed by atoms with E-state index in [4.69, 9.17) is 19.9 Å². The third kappa shape index (κ3) is 10.2. The van der Waals surface area contributed by atoms with Crippen molar-refractivity contribution in [3.63, 3.8) is 0 Å². The molecule has 0 N–H and O–H groups in total. The van der Waals surface area contributed by atoms with E-state index in [0.717, 1.165) is 89.5 Å². The topological polar surface area (TPSA) is 51.6 Å². The zero-order chi connectivity index (χ0) is 54.6. The van der Waals surface area contributed by atoms with Crippen molar-refractivity contribution in [2.24, 2.45) is 0 Å². The fourth-order valence-electron chi connectivity index (χ4n) is 11.0. The van der Waals surface area contributed by atoms with Crippen molar-refractivity contribution in [2.45, 2.75) is 0 Å². The Hall–Kier alpha value is -10.9. The summed E-state index contributed by atoms with van der Waals surface area (Å²) in [5.74, 6) is 1.35. The van der Waals surface area contributed by atoms with Crippen molar-refractivity contribution in [1.82, 2.24) is 19.9 Å². The molecule has 2 aromatic heterocycles. The van der Waals surface area contributed by atoms with Crippen molar-refractivity contribution < 1.29 is 0 Å². The summed E-state index contributed by atoms with van der Waals surface area (Å²) in [5.41, 5.74) is 23.6. The van der Waals surface area contributed by atoms with Crippen LogP contribution < -0.4 is 0 Å². The summed E-state index contributed by atoms with van der Waals surface area (Å²) in [4.78, 5) is 20.7. The van der Waals surface area contributed by atoms with E-state index >= 15 is 0 Å². The Morgan fingerprint density at radius 2 is 0.354 bits per heavy atom. The Morgan fingerprint density at radius 1 is 0.146 bits per heavy atom. The average molecular weight is 1050 g/mol. The van der Waals surface area contributed by atoms with Gasteiger partial charge in [0, 0.05) is 33.4 Å². The molecule has 0 unspecified atom stereocenters. The Morgan fingerprint density at radius 3 is 0.634 bits per heavy atom. The summed E-state index contributed by atoms with van der Waals surface area (Å²) in [6.45, 7) is 0. The number of aromatic nitrogens is 4. The fraction of sp³-hybridized carbons (Fsp3) is 0. The predicted molar refractivity (Wildman–Crippen MR) is 340 cm³/mol. The van der Waals surface area contributed by atoms with E-state index in [-0.39, 0.29) is 0 Å². The first-order valence-corrected chi connectivity index (χ1v) is 27.8. The van der Waals surface area contributed by atoms with Gasteiger partial charge in [-0.1, -0.05) is 303 Å².